The molecule has 6 heteroatoms. The number of imidazole rings is 1. The fraction of sp³-hybridized carbons (Fsp3) is 0. The highest BCUT2D eigenvalue weighted by Gasteiger charge is 2.14. The van der Waals surface area contributed by atoms with Crippen LogP contribution < -0.4 is 5.32 Å². The summed E-state index contributed by atoms with van der Waals surface area (Å²) >= 11 is 6.14. The summed E-state index contributed by atoms with van der Waals surface area (Å²) in [6.07, 6.45) is 0. The van der Waals surface area contributed by atoms with Crippen LogP contribution in [0.3, 0.4) is 0 Å². The van der Waals surface area contributed by atoms with Gasteiger partial charge < -0.3 is 10.3 Å². The van der Waals surface area contributed by atoms with Gasteiger partial charge in [0, 0.05) is 16.1 Å². The number of nitrogens with zero attached hydrogens (tertiary/aromatic N) is 1. The second kappa shape index (κ2) is 6.61. The van der Waals surface area contributed by atoms with Gasteiger partial charge in [-0.2, -0.15) is 0 Å². The minimum absolute atomic E-state index is 0.232. The van der Waals surface area contributed by atoms with Gasteiger partial charge in [-0.1, -0.05) is 29.8 Å². The van der Waals surface area contributed by atoms with Crippen molar-refractivity contribution in [2.45, 2.75) is 0 Å². The van der Waals surface area contributed by atoms with Gasteiger partial charge in [-0.25, -0.2) is 9.37 Å². The number of benzene rings is 3. The molecule has 0 fully saturated rings. The summed E-state index contributed by atoms with van der Waals surface area (Å²) in [6, 6.07) is 18.2. The average Bonchev–Trinajstić information content (AvgIpc) is 3.07. The standard InChI is InChI=1S/C20H13ClFN3O/c21-13-8-9-16(25-20(26)12-4-3-5-14(22)10-12)15(11-13)19-23-17-6-1-2-7-18(17)24-19/h1-11H,(H,23,24)(H,25,26). The van der Waals surface area contributed by atoms with E-state index in [0.29, 0.717) is 22.1 Å². The number of aromatic amines is 1. The molecule has 1 amide bonds. The molecule has 26 heavy (non-hydrogen) atoms. The molecule has 1 aromatic heterocycles. The summed E-state index contributed by atoms with van der Waals surface area (Å²) in [7, 11) is 0. The Kier molecular flexibility index (Phi) is 4.14. The van der Waals surface area contributed by atoms with E-state index in [1.54, 1.807) is 24.3 Å². The SMILES string of the molecule is O=C(Nc1ccc(Cl)cc1-c1nc2ccccc2[nH]1)c1cccc(F)c1. The van der Waals surface area contributed by atoms with Gasteiger partial charge in [0.05, 0.1) is 16.7 Å². The number of carbonyl (C=O) groups is 1. The molecule has 0 aliphatic rings. The number of hydrogen-bond acceptors (Lipinski definition) is 2. The molecular weight excluding hydrogens is 353 g/mol. The zero-order valence-electron chi connectivity index (χ0n) is 13.5. The number of para-hydroxylation sites is 2. The first kappa shape index (κ1) is 16.3. The molecule has 0 saturated heterocycles. The maximum absolute atomic E-state index is 13.4. The van der Waals surface area contributed by atoms with Crippen LogP contribution in [0.1, 0.15) is 10.4 Å². The van der Waals surface area contributed by atoms with Gasteiger partial charge in [0.15, 0.2) is 0 Å². The first-order valence-corrected chi connectivity index (χ1v) is 8.29. The fourth-order valence-corrected chi connectivity index (χ4v) is 2.90. The van der Waals surface area contributed by atoms with Crippen molar-refractivity contribution in [1.29, 1.82) is 0 Å². The molecule has 0 aliphatic heterocycles. The van der Waals surface area contributed by atoms with Crippen LogP contribution in [0.15, 0.2) is 66.7 Å². The maximum atomic E-state index is 13.4. The highest BCUT2D eigenvalue weighted by molar-refractivity contribution is 6.31. The maximum Gasteiger partial charge on any atom is 0.255 e. The molecule has 0 unspecified atom stereocenters. The Balaban J connectivity index is 1.74. The first-order valence-electron chi connectivity index (χ1n) is 7.92. The third kappa shape index (κ3) is 3.17. The fourth-order valence-electron chi connectivity index (χ4n) is 2.73. The van der Waals surface area contributed by atoms with Crippen molar-refractivity contribution in [2.24, 2.45) is 0 Å². The number of fused-ring (bicyclic) bond motifs is 1. The van der Waals surface area contributed by atoms with Gasteiger partial charge in [-0.15, -0.1) is 0 Å². The van der Waals surface area contributed by atoms with Crippen molar-refractivity contribution >= 4 is 34.2 Å². The largest absolute Gasteiger partial charge is 0.338 e. The third-order valence-corrected chi connectivity index (χ3v) is 4.20. The molecule has 4 aromatic rings. The van der Waals surface area contributed by atoms with Crippen LogP contribution in [-0.2, 0) is 0 Å². The molecule has 0 bridgehead atoms. The number of anilines is 1. The lowest BCUT2D eigenvalue weighted by Crippen LogP contribution is -2.13. The number of H-pyrrole nitrogens is 1. The lowest BCUT2D eigenvalue weighted by molar-refractivity contribution is 0.102. The molecule has 0 saturated carbocycles. The van der Waals surface area contributed by atoms with Crippen LogP contribution in [-0.4, -0.2) is 15.9 Å². The Morgan fingerprint density at radius 3 is 2.69 bits per heavy atom. The Labute approximate surface area is 153 Å². The molecule has 1 heterocycles. The summed E-state index contributed by atoms with van der Waals surface area (Å²) in [5.41, 5.74) is 3.10. The number of nitrogens with one attached hydrogen (secondary N) is 2. The van der Waals surface area contributed by atoms with E-state index in [0.717, 1.165) is 11.0 Å². The van der Waals surface area contributed by atoms with Gasteiger partial charge in [-0.05, 0) is 48.5 Å². The van der Waals surface area contributed by atoms with Crippen molar-refractivity contribution < 1.29 is 9.18 Å². The van der Waals surface area contributed by atoms with Gasteiger partial charge in [0.2, 0.25) is 0 Å². The van der Waals surface area contributed by atoms with Crippen molar-refractivity contribution in [3.05, 3.63) is 83.1 Å². The number of hydrogen-bond donors (Lipinski definition) is 2. The van der Waals surface area contributed by atoms with Crippen molar-refractivity contribution in [2.75, 3.05) is 5.32 Å². The summed E-state index contributed by atoms with van der Waals surface area (Å²) in [5.74, 6) is -0.293. The number of amides is 1. The average molecular weight is 366 g/mol. The molecule has 0 aliphatic carbocycles. The quantitative estimate of drug-likeness (QED) is 0.519. The first-order chi connectivity index (χ1) is 12.6. The monoisotopic (exact) mass is 365 g/mol. The van der Waals surface area contributed by atoms with Crippen molar-refractivity contribution in [3.63, 3.8) is 0 Å². The third-order valence-electron chi connectivity index (χ3n) is 3.96. The molecule has 0 spiro atoms. The van der Waals surface area contributed by atoms with Crippen LogP contribution in [0, 0.1) is 5.82 Å². The lowest BCUT2D eigenvalue weighted by atomic mass is 10.1. The van der Waals surface area contributed by atoms with E-state index in [1.165, 1.54) is 18.2 Å². The zero-order chi connectivity index (χ0) is 18.1. The Morgan fingerprint density at radius 2 is 1.88 bits per heavy atom. The number of aromatic nitrogens is 2. The van der Waals surface area contributed by atoms with E-state index in [4.69, 9.17) is 11.6 Å². The smallest absolute Gasteiger partial charge is 0.255 e. The molecule has 0 radical (unpaired) electrons. The molecule has 4 rings (SSSR count). The topological polar surface area (TPSA) is 57.8 Å². The Hall–Kier alpha value is -3.18. The second-order valence-electron chi connectivity index (χ2n) is 5.76. The van der Waals surface area contributed by atoms with Crippen LogP contribution in [0.5, 0.6) is 0 Å². The van der Waals surface area contributed by atoms with Crippen LogP contribution in [0.4, 0.5) is 10.1 Å². The van der Waals surface area contributed by atoms with Crippen LogP contribution in [0.2, 0.25) is 5.02 Å². The predicted octanol–water partition coefficient (Wildman–Crippen LogP) is 5.27. The van der Waals surface area contributed by atoms with Gasteiger partial charge >= 0.3 is 0 Å². The van der Waals surface area contributed by atoms with E-state index in [2.05, 4.69) is 15.3 Å². The predicted molar refractivity (Wildman–Crippen MR) is 101 cm³/mol. The molecule has 3 aromatic carbocycles. The highest BCUT2D eigenvalue weighted by atomic mass is 35.5. The van der Waals surface area contributed by atoms with Gasteiger partial charge in [-0.3, -0.25) is 4.79 Å². The van der Waals surface area contributed by atoms with E-state index < -0.39 is 11.7 Å². The summed E-state index contributed by atoms with van der Waals surface area (Å²) in [6.45, 7) is 0. The number of rotatable bonds is 3. The highest BCUT2D eigenvalue weighted by Crippen LogP contribution is 2.30. The molecule has 4 nitrogen and oxygen atoms in total. The minimum Gasteiger partial charge on any atom is -0.338 e. The normalized spacial score (nSPS) is 10.8. The molecule has 128 valence electrons. The van der Waals surface area contributed by atoms with Crippen LogP contribution >= 0.6 is 11.6 Å². The van der Waals surface area contributed by atoms with E-state index in [9.17, 15) is 9.18 Å². The summed E-state index contributed by atoms with van der Waals surface area (Å²) in [5, 5.41) is 3.32. The van der Waals surface area contributed by atoms with Crippen molar-refractivity contribution in [3.8, 4) is 11.4 Å². The summed E-state index contributed by atoms with van der Waals surface area (Å²) < 4.78 is 13.4. The van der Waals surface area contributed by atoms with Gasteiger partial charge in [0.25, 0.3) is 5.91 Å². The number of halogens is 2. The van der Waals surface area contributed by atoms with Gasteiger partial charge in [0.1, 0.15) is 11.6 Å². The molecular formula is C20H13ClFN3O. The molecule has 2 N–H and O–H groups in total. The second-order valence-corrected chi connectivity index (χ2v) is 6.19. The van der Waals surface area contributed by atoms with E-state index >= 15 is 0 Å². The zero-order valence-corrected chi connectivity index (χ0v) is 14.2. The Bertz CT molecular complexity index is 1090. The van der Waals surface area contributed by atoms with Crippen LogP contribution in [0.25, 0.3) is 22.4 Å². The lowest BCUT2D eigenvalue weighted by Gasteiger charge is -2.10. The molecule has 0 atom stereocenters. The Morgan fingerprint density at radius 1 is 1.04 bits per heavy atom. The number of carbonyl (C=O) groups excluding carboxylic acids is 1. The van der Waals surface area contributed by atoms with E-state index in [-0.39, 0.29) is 5.56 Å². The van der Waals surface area contributed by atoms with E-state index in [1.807, 2.05) is 24.3 Å². The minimum atomic E-state index is -0.466. The van der Waals surface area contributed by atoms with Crippen molar-refractivity contribution in [1.82, 2.24) is 9.97 Å². The summed E-state index contributed by atoms with van der Waals surface area (Å²) in [4.78, 5) is 20.2.